The van der Waals surface area contributed by atoms with Crippen molar-refractivity contribution in [1.82, 2.24) is 4.90 Å². The molecule has 0 N–H and O–H groups in total. The number of nitrogens with zero attached hydrogens (tertiary/aromatic N) is 2. The molecule has 3 rings (SSSR count). The molecule has 0 saturated carbocycles. The Morgan fingerprint density at radius 1 is 1.18 bits per heavy atom. The Kier molecular flexibility index (Phi) is 4.24. The second kappa shape index (κ2) is 6.32. The van der Waals surface area contributed by atoms with Gasteiger partial charge in [0.25, 0.3) is 0 Å². The number of morpholine rings is 1. The molecule has 0 bridgehead atoms. The molecule has 0 aliphatic carbocycles. The Bertz CT molecular complexity index is 611. The van der Waals surface area contributed by atoms with Crippen LogP contribution in [0.2, 0.25) is 0 Å². The van der Waals surface area contributed by atoms with Crippen LogP contribution < -0.4 is 0 Å². The fraction of sp³-hybridized carbons (Fsp3) is 0.412. The van der Waals surface area contributed by atoms with Crippen LogP contribution in [-0.4, -0.2) is 42.9 Å². The van der Waals surface area contributed by atoms with E-state index in [2.05, 4.69) is 36.0 Å². The van der Waals surface area contributed by atoms with Crippen molar-refractivity contribution in [3.63, 3.8) is 0 Å². The molecule has 0 aromatic heterocycles. The van der Waals surface area contributed by atoms with Gasteiger partial charge in [-0.05, 0) is 11.5 Å². The predicted octanol–water partition coefficient (Wildman–Crippen LogP) is 2.29. The fourth-order valence-corrected chi connectivity index (χ4v) is 2.52. The summed E-state index contributed by atoms with van der Waals surface area (Å²) >= 11 is 0. The monoisotopic (exact) mass is 300 g/mol. The minimum atomic E-state index is -0.394. The van der Waals surface area contributed by atoms with E-state index in [0.717, 1.165) is 18.7 Å². The average molecular weight is 300 g/mol. The highest BCUT2D eigenvalue weighted by molar-refractivity contribution is 6.28. The van der Waals surface area contributed by atoms with Crippen molar-refractivity contribution in [2.45, 2.75) is 19.8 Å². The van der Waals surface area contributed by atoms with Crippen LogP contribution in [0.3, 0.4) is 0 Å². The van der Waals surface area contributed by atoms with Gasteiger partial charge in [-0.3, -0.25) is 0 Å². The number of benzene rings is 1. The third kappa shape index (κ3) is 3.04. The second-order valence-electron chi connectivity index (χ2n) is 5.79. The van der Waals surface area contributed by atoms with Gasteiger partial charge in [0.2, 0.25) is 0 Å². The van der Waals surface area contributed by atoms with Crippen LogP contribution in [0.5, 0.6) is 0 Å². The highest BCUT2D eigenvalue weighted by Crippen LogP contribution is 2.21. The first-order valence-electron chi connectivity index (χ1n) is 7.59. The van der Waals surface area contributed by atoms with Crippen molar-refractivity contribution in [2.24, 2.45) is 5.16 Å². The fourth-order valence-electron chi connectivity index (χ4n) is 2.52. The summed E-state index contributed by atoms with van der Waals surface area (Å²) in [6.07, 6.45) is 1.84. The highest BCUT2D eigenvalue weighted by atomic mass is 16.7. The molecule has 22 heavy (non-hydrogen) atoms. The lowest BCUT2D eigenvalue weighted by Crippen LogP contribution is -2.33. The van der Waals surface area contributed by atoms with Crippen molar-refractivity contribution in [1.29, 1.82) is 0 Å². The number of rotatable bonds is 3. The largest absolute Gasteiger partial charge is 0.378 e. The Balaban J connectivity index is 1.85. The van der Waals surface area contributed by atoms with E-state index < -0.39 is 5.97 Å². The zero-order chi connectivity index (χ0) is 15.5. The molecule has 2 heterocycles. The number of oxime groups is 1. The third-order valence-electron chi connectivity index (χ3n) is 3.90. The molecule has 0 radical (unpaired) electrons. The maximum atomic E-state index is 11.9. The molecule has 1 aromatic carbocycles. The standard InChI is InChI=1S/C17H20N2O3/c1-12(2)13-3-5-14(6-4-13)16-15(17(20)22-18-16)11-19-7-9-21-10-8-19/h3-6,11-12H,7-10H2,1-2H3. The zero-order valence-electron chi connectivity index (χ0n) is 12.9. The van der Waals surface area contributed by atoms with E-state index >= 15 is 0 Å². The second-order valence-corrected chi connectivity index (χ2v) is 5.79. The summed E-state index contributed by atoms with van der Waals surface area (Å²) in [4.78, 5) is 18.9. The van der Waals surface area contributed by atoms with Crippen LogP contribution in [0.1, 0.15) is 30.9 Å². The summed E-state index contributed by atoms with van der Waals surface area (Å²) in [5.41, 5.74) is 3.27. The minimum absolute atomic E-state index is 0.394. The van der Waals surface area contributed by atoms with E-state index in [1.165, 1.54) is 5.56 Å². The van der Waals surface area contributed by atoms with Crippen LogP contribution in [0, 0.1) is 0 Å². The molecule has 1 fully saturated rings. The molecule has 5 heteroatoms. The normalized spacial score (nSPS) is 20.5. The molecule has 5 nitrogen and oxygen atoms in total. The van der Waals surface area contributed by atoms with Crippen LogP contribution in [0.15, 0.2) is 41.2 Å². The number of hydrogen-bond donors (Lipinski definition) is 0. The van der Waals surface area contributed by atoms with E-state index in [1.54, 1.807) is 0 Å². The van der Waals surface area contributed by atoms with Crippen molar-refractivity contribution < 1.29 is 14.4 Å². The zero-order valence-corrected chi connectivity index (χ0v) is 12.9. The van der Waals surface area contributed by atoms with Crippen LogP contribution in [0.25, 0.3) is 0 Å². The summed E-state index contributed by atoms with van der Waals surface area (Å²) in [6, 6.07) is 8.11. The molecule has 0 amide bonds. The Morgan fingerprint density at radius 3 is 2.50 bits per heavy atom. The molecule has 1 saturated heterocycles. The van der Waals surface area contributed by atoms with E-state index in [9.17, 15) is 4.79 Å². The Morgan fingerprint density at radius 2 is 1.86 bits per heavy atom. The van der Waals surface area contributed by atoms with Gasteiger partial charge in [-0.2, -0.15) is 0 Å². The van der Waals surface area contributed by atoms with Gasteiger partial charge >= 0.3 is 5.97 Å². The first-order valence-corrected chi connectivity index (χ1v) is 7.59. The van der Waals surface area contributed by atoms with Gasteiger partial charge < -0.3 is 14.5 Å². The molecule has 116 valence electrons. The summed E-state index contributed by atoms with van der Waals surface area (Å²) in [6.45, 7) is 7.20. The number of carbonyl (C=O) groups is 1. The summed E-state index contributed by atoms with van der Waals surface area (Å²) < 4.78 is 5.32. The lowest BCUT2D eigenvalue weighted by atomic mass is 9.98. The van der Waals surface area contributed by atoms with Crippen molar-refractivity contribution >= 4 is 11.7 Å². The van der Waals surface area contributed by atoms with Gasteiger partial charge in [0.1, 0.15) is 11.3 Å². The van der Waals surface area contributed by atoms with Crippen LogP contribution in [-0.2, 0) is 14.4 Å². The molecular formula is C17H20N2O3. The topological polar surface area (TPSA) is 51.1 Å². The van der Waals surface area contributed by atoms with Gasteiger partial charge in [0.15, 0.2) is 0 Å². The van der Waals surface area contributed by atoms with Crippen molar-refractivity contribution in [3.05, 3.63) is 47.2 Å². The summed E-state index contributed by atoms with van der Waals surface area (Å²) in [5, 5.41) is 3.95. The van der Waals surface area contributed by atoms with Crippen molar-refractivity contribution in [3.8, 4) is 0 Å². The predicted molar refractivity (Wildman–Crippen MR) is 83.6 cm³/mol. The molecular weight excluding hydrogens is 280 g/mol. The van der Waals surface area contributed by atoms with Crippen molar-refractivity contribution in [2.75, 3.05) is 26.3 Å². The van der Waals surface area contributed by atoms with Gasteiger partial charge in [-0.25, -0.2) is 4.79 Å². The minimum Gasteiger partial charge on any atom is -0.378 e. The molecule has 0 atom stereocenters. The van der Waals surface area contributed by atoms with Gasteiger partial charge in [0, 0.05) is 24.9 Å². The highest BCUT2D eigenvalue weighted by Gasteiger charge is 2.28. The number of carbonyl (C=O) groups excluding carboxylic acids is 1. The van der Waals surface area contributed by atoms with Gasteiger partial charge in [-0.1, -0.05) is 43.3 Å². The first-order chi connectivity index (χ1) is 10.6. The molecule has 1 aromatic rings. The lowest BCUT2D eigenvalue weighted by Gasteiger charge is -2.25. The maximum Gasteiger partial charge on any atom is 0.369 e. The van der Waals surface area contributed by atoms with E-state index in [0.29, 0.717) is 30.4 Å². The summed E-state index contributed by atoms with van der Waals surface area (Å²) in [7, 11) is 0. The average Bonchev–Trinajstić information content (AvgIpc) is 2.89. The molecule has 2 aliphatic heterocycles. The molecule has 0 spiro atoms. The van der Waals surface area contributed by atoms with Gasteiger partial charge in [0.05, 0.1) is 13.2 Å². The number of hydrogen-bond acceptors (Lipinski definition) is 5. The van der Waals surface area contributed by atoms with Crippen LogP contribution >= 0.6 is 0 Å². The SMILES string of the molecule is CC(C)c1ccc(C2=NOC(=O)C2=CN2CCOCC2)cc1. The number of ether oxygens (including phenoxy) is 1. The van der Waals surface area contributed by atoms with Crippen LogP contribution in [0.4, 0.5) is 0 Å². The quantitative estimate of drug-likeness (QED) is 0.635. The summed E-state index contributed by atoms with van der Waals surface area (Å²) in [5.74, 6) is 0.0789. The first kappa shape index (κ1) is 14.8. The lowest BCUT2D eigenvalue weighted by molar-refractivity contribution is -0.137. The van der Waals surface area contributed by atoms with E-state index in [4.69, 9.17) is 9.57 Å². The van der Waals surface area contributed by atoms with E-state index in [1.807, 2.05) is 18.3 Å². The molecule has 0 unspecified atom stereocenters. The maximum absolute atomic E-state index is 11.9. The third-order valence-corrected chi connectivity index (χ3v) is 3.90. The Hall–Kier alpha value is -2.14. The smallest absolute Gasteiger partial charge is 0.369 e. The van der Waals surface area contributed by atoms with E-state index in [-0.39, 0.29) is 0 Å². The Labute approximate surface area is 130 Å². The molecule has 2 aliphatic rings. The van der Waals surface area contributed by atoms with Gasteiger partial charge in [-0.15, -0.1) is 0 Å².